The minimum atomic E-state index is 0.768. The van der Waals surface area contributed by atoms with E-state index in [9.17, 15) is 0 Å². The summed E-state index contributed by atoms with van der Waals surface area (Å²) >= 11 is 0. The molecule has 0 spiro atoms. The molecule has 0 unspecified atom stereocenters. The summed E-state index contributed by atoms with van der Waals surface area (Å²) in [4.78, 5) is 0. The normalized spacial score (nSPS) is 14.7. The molecule has 1 aromatic rings. The Labute approximate surface area is 91.6 Å². The number of ether oxygens (including phenoxy) is 1. The van der Waals surface area contributed by atoms with Crippen LogP contribution >= 0.6 is 0 Å². The van der Waals surface area contributed by atoms with Crippen LogP contribution in [0.1, 0.15) is 24.0 Å². The molecule has 0 fully saturated rings. The summed E-state index contributed by atoms with van der Waals surface area (Å²) in [6.45, 7) is 1.66. The maximum Gasteiger partial charge on any atom is 0.0635 e. The predicted octanol–water partition coefficient (Wildman–Crippen LogP) is 2.62. The van der Waals surface area contributed by atoms with Crippen LogP contribution in [0.3, 0.4) is 0 Å². The van der Waals surface area contributed by atoms with Crippen LogP contribution in [0.5, 0.6) is 0 Å². The van der Waals surface area contributed by atoms with E-state index in [0.29, 0.717) is 0 Å². The van der Waals surface area contributed by atoms with Gasteiger partial charge in [-0.3, -0.25) is 0 Å². The molecule has 0 aliphatic heterocycles. The smallest absolute Gasteiger partial charge is 0.0635 e. The number of nitrogens with one attached hydrogen (secondary N) is 1. The molecule has 0 bridgehead atoms. The van der Waals surface area contributed by atoms with Gasteiger partial charge in [-0.2, -0.15) is 0 Å². The molecule has 1 aliphatic rings. The van der Waals surface area contributed by atoms with Crippen molar-refractivity contribution >= 4 is 5.69 Å². The Hall–Kier alpha value is -1.02. The van der Waals surface area contributed by atoms with E-state index in [2.05, 4.69) is 23.5 Å². The van der Waals surface area contributed by atoms with E-state index in [1.807, 2.05) is 0 Å². The van der Waals surface area contributed by atoms with Gasteiger partial charge < -0.3 is 10.1 Å². The lowest BCUT2D eigenvalue weighted by Gasteiger charge is -2.20. The van der Waals surface area contributed by atoms with Crippen LogP contribution in [0, 0.1) is 0 Å². The molecule has 2 heteroatoms. The lowest BCUT2D eigenvalue weighted by molar-refractivity contribution is 0.210. The second-order valence-electron chi connectivity index (χ2n) is 4.07. The van der Waals surface area contributed by atoms with Gasteiger partial charge in [0.2, 0.25) is 0 Å². The lowest BCUT2D eigenvalue weighted by atomic mass is 9.90. The molecule has 0 aromatic heterocycles. The van der Waals surface area contributed by atoms with E-state index in [0.717, 1.165) is 13.2 Å². The first-order chi connectivity index (χ1) is 7.42. The number of hydrogen-bond donors (Lipinski definition) is 1. The molecular weight excluding hydrogens is 186 g/mol. The van der Waals surface area contributed by atoms with Gasteiger partial charge in [-0.15, -0.1) is 0 Å². The zero-order valence-electron chi connectivity index (χ0n) is 9.38. The molecule has 1 N–H and O–H groups in total. The molecule has 15 heavy (non-hydrogen) atoms. The minimum Gasteiger partial charge on any atom is -0.383 e. The van der Waals surface area contributed by atoms with E-state index >= 15 is 0 Å². The average molecular weight is 205 g/mol. The SMILES string of the molecule is COCCNc1cccc2c1CCCC2. The molecular formula is C13H19NO. The Balaban J connectivity index is 2.09. The summed E-state index contributed by atoms with van der Waals surface area (Å²) in [5.74, 6) is 0. The molecule has 0 radical (unpaired) electrons. The maximum absolute atomic E-state index is 5.05. The highest BCUT2D eigenvalue weighted by molar-refractivity contribution is 5.55. The quantitative estimate of drug-likeness (QED) is 0.763. The van der Waals surface area contributed by atoms with E-state index in [-0.39, 0.29) is 0 Å². The third kappa shape index (κ3) is 2.51. The fourth-order valence-corrected chi connectivity index (χ4v) is 2.23. The van der Waals surface area contributed by atoms with Crippen LogP contribution in [0.15, 0.2) is 18.2 Å². The summed E-state index contributed by atoms with van der Waals surface area (Å²) in [6.07, 6.45) is 5.14. The monoisotopic (exact) mass is 205 g/mol. The molecule has 82 valence electrons. The lowest BCUT2D eigenvalue weighted by Crippen LogP contribution is -2.12. The summed E-state index contributed by atoms with van der Waals surface area (Å²) in [6, 6.07) is 6.59. The molecule has 0 saturated carbocycles. The van der Waals surface area contributed by atoms with Gasteiger partial charge >= 0.3 is 0 Å². The van der Waals surface area contributed by atoms with Crippen molar-refractivity contribution in [1.82, 2.24) is 0 Å². The Bertz CT molecular complexity index is 322. The summed E-state index contributed by atoms with van der Waals surface area (Å²) in [5, 5.41) is 3.45. The molecule has 2 rings (SSSR count). The van der Waals surface area contributed by atoms with Gasteiger partial charge in [-0.25, -0.2) is 0 Å². The first kappa shape index (κ1) is 10.5. The van der Waals surface area contributed by atoms with Gasteiger partial charge in [0.15, 0.2) is 0 Å². The van der Waals surface area contributed by atoms with Crippen molar-refractivity contribution in [2.75, 3.05) is 25.6 Å². The summed E-state index contributed by atoms with van der Waals surface area (Å²) < 4.78 is 5.05. The molecule has 0 heterocycles. The van der Waals surface area contributed by atoms with Gasteiger partial charge in [-0.05, 0) is 42.9 Å². The van der Waals surface area contributed by atoms with E-state index < -0.39 is 0 Å². The first-order valence-electron chi connectivity index (χ1n) is 5.75. The van der Waals surface area contributed by atoms with Gasteiger partial charge in [0.05, 0.1) is 6.61 Å². The highest BCUT2D eigenvalue weighted by Gasteiger charge is 2.11. The van der Waals surface area contributed by atoms with Crippen molar-refractivity contribution in [3.63, 3.8) is 0 Å². The highest BCUT2D eigenvalue weighted by atomic mass is 16.5. The van der Waals surface area contributed by atoms with Crippen molar-refractivity contribution in [2.24, 2.45) is 0 Å². The Morgan fingerprint density at radius 2 is 2.13 bits per heavy atom. The molecule has 1 aromatic carbocycles. The summed E-state index contributed by atoms with van der Waals surface area (Å²) in [5.41, 5.74) is 4.37. The fraction of sp³-hybridized carbons (Fsp3) is 0.538. The zero-order chi connectivity index (χ0) is 10.5. The number of hydrogen-bond acceptors (Lipinski definition) is 2. The van der Waals surface area contributed by atoms with Gasteiger partial charge in [-0.1, -0.05) is 12.1 Å². The van der Waals surface area contributed by atoms with E-state index in [1.165, 1.54) is 42.5 Å². The van der Waals surface area contributed by atoms with Gasteiger partial charge in [0, 0.05) is 19.3 Å². The predicted molar refractivity (Wildman–Crippen MR) is 63.4 cm³/mol. The minimum absolute atomic E-state index is 0.768. The maximum atomic E-state index is 5.05. The molecule has 0 saturated heterocycles. The van der Waals surface area contributed by atoms with Crippen LogP contribution in [0.4, 0.5) is 5.69 Å². The van der Waals surface area contributed by atoms with Crippen LogP contribution in [0.2, 0.25) is 0 Å². The van der Waals surface area contributed by atoms with E-state index in [1.54, 1.807) is 7.11 Å². The molecule has 0 atom stereocenters. The average Bonchev–Trinajstić information content (AvgIpc) is 2.30. The number of methoxy groups -OCH3 is 1. The fourth-order valence-electron chi connectivity index (χ4n) is 2.23. The van der Waals surface area contributed by atoms with Crippen molar-refractivity contribution in [1.29, 1.82) is 0 Å². The zero-order valence-corrected chi connectivity index (χ0v) is 9.38. The second-order valence-corrected chi connectivity index (χ2v) is 4.07. The van der Waals surface area contributed by atoms with Crippen LogP contribution < -0.4 is 5.32 Å². The third-order valence-electron chi connectivity index (χ3n) is 3.02. The van der Waals surface area contributed by atoms with Crippen LogP contribution in [0.25, 0.3) is 0 Å². The van der Waals surface area contributed by atoms with Gasteiger partial charge in [0.25, 0.3) is 0 Å². The second kappa shape index (κ2) is 5.17. The number of fused-ring (bicyclic) bond motifs is 1. The molecule has 1 aliphatic carbocycles. The summed E-state index contributed by atoms with van der Waals surface area (Å²) in [7, 11) is 1.74. The Morgan fingerprint density at radius 3 is 3.00 bits per heavy atom. The van der Waals surface area contributed by atoms with E-state index in [4.69, 9.17) is 4.74 Å². The standard InChI is InChI=1S/C13H19NO/c1-15-10-9-14-13-8-4-6-11-5-2-3-7-12(11)13/h4,6,8,14H,2-3,5,7,9-10H2,1H3. The van der Waals surface area contributed by atoms with Crippen molar-refractivity contribution in [3.8, 4) is 0 Å². The molecule has 0 amide bonds. The van der Waals surface area contributed by atoms with Crippen molar-refractivity contribution in [3.05, 3.63) is 29.3 Å². The van der Waals surface area contributed by atoms with Crippen molar-refractivity contribution < 1.29 is 4.74 Å². The topological polar surface area (TPSA) is 21.3 Å². The highest BCUT2D eigenvalue weighted by Crippen LogP contribution is 2.27. The number of anilines is 1. The Morgan fingerprint density at radius 1 is 1.27 bits per heavy atom. The van der Waals surface area contributed by atoms with Crippen LogP contribution in [-0.4, -0.2) is 20.3 Å². The first-order valence-corrected chi connectivity index (χ1v) is 5.75. The Kier molecular flexibility index (Phi) is 3.62. The van der Waals surface area contributed by atoms with Crippen LogP contribution in [-0.2, 0) is 17.6 Å². The number of aryl methyl sites for hydroxylation is 1. The van der Waals surface area contributed by atoms with Crippen molar-refractivity contribution in [2.45, 2.75) is 25.7 Å². The van der Waals surface area contributed by atoms with Gasteiger partial charge in [0.1, 0.15) is 0 Å². The third-order valence-corrected chi connectivity index (χ3v) is 3.02. The largest absolute Gasteiger partial charge is 0.383 e. The molecule has 2 nitrogen and oxygen atoms in total. The number of rotatable bonds is 4. The number of benzene rings is 1.